The minimum absolute atomic E-state index is 0.148. The van der Waals surface area contributed by atoms with Gasteiger partial charge in [0.15, 0.2) is 0 Å². The van der Waals surface area contributed by atoms with E-state index < -0.39 is 5.82 Å². The fraction of sp³-hybridized carbons (Fsp3) is 0.304. The van der Waals surface area contributed by atoms with Crippen molar-refractivity contribution in [2.45, 2.75) is 32.2 Å². The second-order valence-electron chi connectivity index (χ2n) is 7.55. The van der Waals surface area contributed by atoms with Crippen molar-refractivity contribution in [2.24, 2.45) is 0 Å². The summed E-state index contributed by atoms with van der Waals surface area (Å²) in [5, 5.41) is 3.83. The zero-order valence-electron chi connectivity index (χ0n) is 17.2. The molecule has 1 aromatic carbocycles. The summed E-state index contributed by atoms with van der Waals surface area (Å²) in [6, 6.07) is 11.4. The molecule has 31 heavy (non-hydrogen) atoms. The van der Waals surface area contributed by atoms with Crippen LogP contribution in [0.2, 0.25) is 0 Å². The van der Waals surface area contributed by atoms with Gasteiger partial charge in [-0.15, -0.1) is 11.3 Å². The van der Waals surface area contributed by atoms with Crippen LogP contribution in [0, 0.1) is 12.7 Å². The molecule has 0 bridgehead atoms. The first-order valence-corrected chi connectivity index (χ1v) is 11.0. The first-order chi connectivity index (χ1) is 15.0. The molecule has 4 rings (SSSR count). The third-order valence-corrected chi connectivity index (χ3v) is 6.70. The maximum absolute atomic E-state index is 13.4. The zero-order valence-corrected chi connectivity index (χ0v) is 18.0. The van der Waals surface area contributed by atoms with Gasteiger partial charge in [-0.05, 0) is 50.1 Å². The maximum atomic E-state index is 13.4. The van der Waals surface area contributed by atoms with E-state index in [4.69, 9.17) is 0 Å². The van der Waals surface area contributed by atoms with Gasteiger partial charge in [0.1, 0.15) is 10.7 Å². The number of piperidine rings is 1. The molecule has 0 atom stereocenters. The number of pyridine rings is 1. The standard InChI is InChI=1S/C23H23FN4O2S/c1-15-20(21(29)26-14-19-7-2-3-10-25-19)31-22(27-15)16-8-11-28(12-9-16)23(30)17-5-4-6-18(24)13-17/h2-7,10,13,16H,8-9,11-12,14H2,1H3,(H,26,29). The fourth-order valence-electron chi connectivity index (χ4n) is 3.69. The third kappa shape index (κ3) is 4.96. The molecule has 8 heteroatoms. The highest BCUT2D eigenvalue weighted by Crippen LogP contribution is 2.33. The summed E-state index contributed by atoms with van der Waals surface area (Å²) in [7, 11) is 0. The lowest BCUT2D eigenvalue weighted by atomic mass is 9.97. The Hall–Kier alpha value is -3.13. The molecule has 0 aliphatic carbocycles. The van der Waals surface area contributed by atoms with E-state index in [9.17, 15) is 14.0 Å². The van der Waals surface area contributed by atoms with Gasteiger partial charge in [0.05, 0.1) is 22.9 Å². The summed E-state index contributed by atoms with van der Waals surface area (Å²) in [4.78, 5) is 36.5. The summed E-state index contributed by atoms with van der Waals surface area (Å²) < 4.78 is 13.4. The molecule has 6 nitrogen and oxygen atoms in total. The number of aromatic nitrogens is 2. The molecule has 0 unspecified atom stereocenters. The molecule has 2 amide bonds. The Labute approximate surface area is 184 Å². The summed E-state index contributed by atoms with van der Waals surface area (Å²) in [5.74, 6) is -0.501. The molecule has 160 valence electrons. The van der Waals surface area contributed by atoms with Gasteiger partial charge in [-0.1, -0.05) is 12.1 Å². The van der Waals surface area contributed by atoms with Crippen molar-refractivity contribution in [3.8, 4) is 0 Å². The van der Waals surface area contributed by atoms with Crippen molar-refractivity contribution < 1.29 is 14.0 Å². The van der Waals surface area contributed by atoms with Crippen molar-refractivity contribution >= 4 is 23.2 Å². The Balaban J connectivity index is 1.36. The summed E-state index contributed by atoms with van der Waals surface area (Å²) in [5.41, 5.74) is 1.89. The number of aryl methyl sites for hydroxylation is 1. The average Bonchev–Trinajstić information content (AvgIpc) is 3.19. The monoisotopic (exact) mass is 438 g/mol. The number of thiazole rings is 1. The van der Waals surface area contributed by atoms with Crippen LogP contribution in [0.3, 0.4) is 0 Å². The van der Waals surface area contributed by atoms with E-state index in [2.05, 4.69) is 15.3 Å². The number of halogens is 1. The molecular formula is C23H23FN4O2S. The molecule has 1 fully saturated rings. The molecule has 3 aromatic rings. The Morgan fingerprint density at radius 1 is 1.19 bits per heavy atom. The van der Waals surface area contributed by atoms with Crippen LogP contribution in [0.15, 0.2) is 48.7 Å². The predicted octanol–water partition coefficient (Wildman–Crippen LogP) is 3.94. The molecule has 0 radical (unpaired) electrons. The quantitative estimate of drug-likeness (QED) is 0.655. The van der Waals surface area contributed by atoms with E-state index in [1.54, 1.807) is 23.2 Å². The highest BCUT2D eigenvalue weighted by Gasteiger charge is 2.28. The predicted molar refractivity (Wildman–Crippen MR) is 117 cm³/mol. The van der Waals surface area contributed by atoms with Gasteiger partial charge in [0.25, 0.3) is 11.8 Å². The minimum Gasteiger partial charge on any atom is -0.346 e. The Bertz CT molecular complexity index is 1080. The van der Waals surface area contributed by atoms with E-state index >= 15 is 0 Å². The number of rotatable bonds is 5. The largest absolute Gasteiger partial charge is 0.346 e. The van der Waals surface area contributed by atoms with Crippen molar-refractivity contribution in [1.29, 1.82) is 0 Å². The normalized spacial score (nSPS) is 14.5. The van der Waals surface area contributed by atoms with Crippen LogP contribution in [0.5, 0.6) is 0 Å². The fourth-order valence-corrected chi connectivity index (χ4v) is 4.84. The van der Waals surface area contributed by atoms with E-state index in [1.165, 1.54) is 23.5 Å². The lowest BCUT2D eigenvalue weighted by molar-refractivity contribution is 0.0712. The van der Waals surface area contributed by atoms with E-state index in [0.717, 1.165) is 29.2 Å². The lowest BCUT2D eigenvalue weighted by Crippen LogP contribution is -2.37. The molecule has 1 saturated heterocycles. The number of likely N-dealkylation sites (tertiary alicyclic amines) is 1. The highest BCUT2D eigenvalue weighted by molar-refractivity contribution is 7.13. The van der Waals surface area contributed by atoms with Crippen LogP contribution in [-0.4, -0.2) is 39.8 Å². The van der Waals surface area contributed by atoms with Crippen molar-refractivity contribution in [1.82, 2.24) is 20.2 Å². The van der Waals surface area contributed by atoms with Crippen molar-refractivity contribution in [3.63, 3.8) is 0 Å². The minimum atomic E-state index is -0.409. The topological polar surface area (TPSA) is 75.2 Å². The van der Waals surface area contributed by atoms with Crippen LogP contribution in [0.1, 0.15) is 55.2 Å². The molecule has 1 N–H and O–H groups in total. The number of benzene rings is 1. The smallest absolute Gasteiger partial charge is 0.263 e. The van der Waals surface area contributed by atoms with E-state index in [1.807, 2.05) is 25.1 Å². The molecule has 1 aliphatic rings. The molecule has 1 aliphatic heterocycles. The first kappa shape index (κ1) is 21.1. The van der Waals surface area contributed by atoms with Crippen molar-refractivity contribution in [2.75, 3.05) is 13.1 Å². The summed E-state index contributed by atoms with van der Waals surface area (Å²) >= 11 is 1.42. The second kappa shape index (κ2) is 9.34. The number of hydrogen-bond acceptors (Lipinski definition) is 5. The first-order valence-electron chi connectivity index (χ1n) is 10.2. The Morgan fingerprint density at radius 2 is 2.00 bits per heavy atom. The van der Waals surface area contributed by atoms with Crippen LogP contribution in [0.25, 0.3) is 0 Å². The highest BCUT2D eigenvalue weighted by atomic mass is 32.1. The van der Waals surface area contributed by atoms with Crippen LogP contribution in [0.4, 0.5) is 4.39 Å². The number of amides is 2. The number of nitrogens with zero attached hydrogens (tertiary/aromatic N) is 3. The van der Waals surface area contributed by atoms with Gasteiger partial charge < -0.3 is 10.2 Å². The molecular weight excluding hydrogens is 415 g/mol. The number of carbonyl (C=O) groups excluding carboxylic acids is 2. The molecule has 2 aromatic heterocycles. The van der Waals surface area contributed by atoms with Crippen molar-refractivity contribution in [3.05, 3.63) is 81.3 Å². The van der Waals surface area contributed by atoms with Gasteiger partial charge in [0.2, 0.25) is 0 Å². The van der Waals surface area contributed by atoms with Gasteiger partial charge >= 0.3 is 0 Å². The number of hydrogen-bond donors (Lipinski definition) is 1. The summed E-state index contributed by atoms with van der Waals surface area (Å²) in [6.07, 6.45) is 3.23. The van der Waals surface area contributed by atoms with Crippen LogP contribution in [-0.2, 0) is 6.54 Å². The zero-order chi connectivity index (χ0) is 21.8. The Kier molecular flexibility index (Phi) is 6.36. The van der Waals surface area contributed by atoms with Gasteiger partial charge in [-0.3, -0.25) is 14.6 Å². The lowest BCUT2D eigenvalue weighted by Gasteiger charge is -2.31. The van der Waals surface area contributed by atoms with Gasteiger partial charge in [-0.25, -0.2) is 9.37 Å². The van der Waals surface area contributed by atoms with E-state index in [-0.39, 0.29) is 17.7 Å². The second-order valence-corrected chi connectivity index (χ2v) is 8.58. The number of nitrogens with one attached hydrogen (secondary N) is 1. The van der Waals surface area contributed by atoms with Gasteiger partial charge in [-0.2, -0.15) is 0 Å². The average molecular weight is 439 g/mol. The molecule has 3 heterocycles. The molecule has 0 spiro atoms. The summed E-state index contributed by atoms with van der Waals surface area (Å²) in [6.45, 7) is 3.38. The Morgan fingerprint density at radius 3 is 2.71 bits per heavy atom. The third-order valence-electron chi connectivity index (χ3n) is 5.38. The SMILES string of the molecule is Cc1nc(C2CCN(C(=O)c3cccc(F)c3)CC2)sc1C(=O)NCc1ccccn1. The molecule has 0 saturated carbocycles. The van der Waals surface area contributed by atoms with Gasteiger partial charge in [0, 0.05) is 30.8 Å². The van der Waals surface area contributed by atoms with E-state index in [0.29, 0.717) is 30.1 Å². The number of carbonyl (C=O) groups is 2. The van der Waals surface area contributed by atoms with Crippen LogP contribution < -0.4 is 5.32 Å². The van der Waals surface area contributed by atoms with Crippen LogP contribution >= 0.6 is 11.3 Å². The maximum Gasteiger partial charge on any atom is 0.263 e.